The van der Waals surface area contributed by atoms with Gasteiger partial charge in [0.25, 0.3) is 0 Å². The van der Waals surface area contributed by atoms with Crippen molar-refractivity contribution < 1.29 is 0 Å². The van der Waals surface area contributed by atoms with Crippen LogP contribution in [-0.4, -0.2) is 35.5 Å². The fourth-order valence-corrected chi connectivity index (χ4v) is 3.87. The fraction of sp³-hybridized carbons (Fsp3) is 0.318. The molecule has 2 N–H and O–H groups in total. The van der Waals surface area contributed by atoms with Crippen LogP contribution in [0.4, 0.5) is 5.13 Å². The summed E-state index contributed by atoms with van der Waals surface area (Å²) in [6.45, 7) is 5.04. The minimum absolute atomic E-state index is 0.593. The second kappa shape index (κ2) is 9.46. The summed E-state index contributed by atoms with van der Waals surface area (Å²) >= 11 is 1.51. The fourth-order valence-electron chi connectivity index (χ4n) is 3.09. The number of benzene rings is 1. The number of likely N-dealkylation sites (N-methyl/N-ethyl adjacent to an activating group) is 1. The van der Waals surface area contributed by atoms with Gasteiger partial charge >= 0.3 is 0 Å². The molecule has 2 aromatic rings. The third kappa shape index (κ3) is 4.95. The zero-order valence-electron chi connectivity index (χ0n) is 16.7. The second-order valence-electron chi connectivity index (χ2n) is 6.66. The van der Waals surface area contributed by atoms with E-state index in [1.807, 2.05) is 24.3 Å². The number of nitrogens with two attached hydrogens (primary N) is 1. The van der Waals surface area contributed by atoms with Crippen molar-refractivity contribution in [3.8, 4) is 0 Å². The van der Waals surface area contributed by atoms with Gasteiger partial charge in [0.1, 0.15) is 0 Å². The third-order valence-corrected chi connectivity index (χ3v) is 5.31. The molecule has 0 atom stereocenters. The van der Waals surface area contributed by atoms with Crippen molar-refractivity contribution in [2.24, 2.45) is 10.1 Å². The predicted octanol–water partition coefficient (Wildman–Crippen LogP) is 5.18. The summed E-state index contributed by atoms with van der Waals surface area (Å²) in [4.78, 5) is 9.44. The molecule has 0 unspecified atom stereocenters. The SMILES string of the molecule is C/C=C(CCC)/C(=N/C1=C/C/C=N\N(C)C/C=C\1)c1ccc2nc(N)sc2c1. The van der Waals surface area contributed by atoms with Crippen LogP contribution in [0.1, 0.15) is 38.7 Å². The minimum atomic E-state index is 0.593. The van der Waals surface area contributed by atoms with Crippen molar-refractivity contribution in [2.45, 2.75) is 33.1 Å². The van der Waals surface area contributed by atoms with Gasteiger partial charge in [0.2, 0.25) is 0 Å². The number of aromatic nitrogens is 1. The van der Waals surface area contributed by atoms with Crippen molar-refractivity contribution in [2.75, 3.05) is 19.3 Å². The molecule has 146 valence electrons. The summed E-state index contributed by atoms with van der Waals surface area (Å²) in [5, 5.41) is 6.87. The van der Waals surface area contributed by atoms with Gasteiger partial charge in [-0.1, -0.05) is 49.0 Å². The summed E-state index contributed by atoms with van der Waals surface area (Å²) < 4.78 is 1.09. The molecule has 5 nitrogen and oxygen atoms in total. The van der Waals surface area contributed by atoms with Gasteiger partial charge in [-0.25, -0.2) is 9.98 Å². The lowest BCUT2D eigenvalue weighted by molar-refractivity contribution is 0.396. The van der Waals surface area contributed by atoms with Crippen LogP contribution < -0.4 is 5.73 Å². The number of hydrogen-bond acceptors (Lipinski definition) is 6. The quantitative estimate of drug-likeness (QED) is 0.712. The number of nitrogens with zero attached hydrogens (tertiary/aromatic N) is 4. The Hall–Kier alpha value is -2.73. The molecule has 0 aliphatic carbocycles. The average molecular weight is 394 g/mol. The second-order valence-corrected chi connectivity index (χ2v) is 7.73. The average Bonchev–Trinajstić information content (AvgIpc) is 3.09. The normalized spacial score (nSPS) is 20.2. The maximum absolute atomic E-state index is 5.89. The van der Waals surface area contributed by atoms with Crippen molar-refractivity contribution in [1.82, 2.24) is 9.99 Å². The van der Waals surface area contributed by atoms with E-state index in [1.165, 1.54) is 16.9 Å². The number of rotatable bonds is 5. The molecule has 0 spiro atoms. The van der Waals surface area contributed by atoms with Crippen molar-refractivity contribution in [1.29, 1.82) is 0 Å². The van der Waals surface area contributed by atoms with Crippen LogP contribution in [0.3, 0.4) is 0 Å². The number of nitrogen functional groups attached to an aromatic ring is 1. The first-order chi connectivity index (χ1) is 13.6. The number of allylic oxidation sites excluding steroid dienone is 4. The first-order valence-electron chi connectivity index (χ1n) is 9.61. The molecule has 3 rings (SSSR count). The van der Waals surface area contributed by atoms with Crippen LogP contribution in [0.2, 0.25) is 0 Å². The highest BCUT2D eigenvalue weighted by Gasteiger charge is 2.12. The minimum Gasteiger partial charge on any atom is -0.375 e. The van der Waals surface area contributed by atoms with E-state index in [4.69, 9.17) is 10.7 Å². The molecule has 0 amide bonds. The lowest BCUT2D eigenvalue weighted by Gasteiger charge is -2.12. The first kappa shape index (κ1) is 20.0. The van der Waals surface area contributed by atoms with Crippen LogP contribution in [0.5, 0.6) is 0 Å². The summed E-state index contributed by atoms with van der Waals surface area (Å²) in [5.41, 5.74) is 11.1. The maximum Gasteiger partial charge on any atom is 0.181 e. The highest BCUT2D eigenvalue weighted by molar-refractivity contribution is 7.22. The molecule has 6 heteroatoms. The van der Waals surface area contributed by atoms with Gasteiger partial charge in [0.15, 0.2) is 5.13 Å². The molecule has 0 radical (unpaired) electrons. The van der Waals surface area contributed by atoms with E-state index in [1.54, 1.807) is 0 Å². The van der Waals surface area contributed by atoms with Crippen molar-refractivity contribution >= 4 is 38.6 Å². The molecule has 0 saturated heterocycles. The number of hydrazone groups is 1. The van der Waals surface area contributed by atoms with E-state index in [0.29, 0.717) is 5.13 Å². The number of anilines is 1. The molecule has 0 fully saturated rings. The molecule has 0 saturated carbocycles. The number of thiazole rings is 1. The van der Waals surface area contributed by atoms with E-state index in [0.717, 1.165) is 53.0 Å². The van der Waals surface area contributed by atoms with Gasteiger partial charge < -0.3 is 5.73 Å². The molecule has 1 aliphatic rings. The molecule has 28 heavy (non-hydrogen) atoms. The zero-order valence-corrected chi connectivity index (χ0v) is 17.5. The number of hydrogen-bond donors (Lipinski definition) is 1. The first-order valence-corrected chi connectivity index (χ1v) is 10.4. The Bertz CT molecular complexity index is 978. The number of fused-ring (bicyclic) bond motifs is 1. The van der Waals surface area contributed by atoms with Crippen LogP contribution in [0.15, 0.2) is 63.9 Å². The molecule has 2 heterocycles. The van der Waals surface area contributed by atoms with E-state index >= 15 is 0 Å². The van der Waals surface area contributed by atoms with Crippen LogP contribution in [0.25, 0.3) is 10.2 Å². The molecule has 1 aliphatic heterocycles. The Morgan fingerprint density at radius 2 is 2.25 bits per heavy atom. The lowest BCUT2D eigenvalue weighted by Crippen LogP contribution is -2.10. The Balaban J connectivity index is 2.07. The van der Waals surface area contributed by atoms with E-state index in [-0.39, 0.29) is 0 Å². The Morgan fingerprint density at radius 1 is 1.39 bits per heavy atom. The van der Waals surface area contributed by atoms with Crippen LogP contribution >= 0.6 is 11.3 Å². The smallest absolute Gasteiger partial charge is 0.181 e. The van der Waals surface area contributed by atoms with Gasteiger partial charge in [-0.2, -0.15) is 5.10 Å². The summed E-state index contributed by atoms with van der Waals surface area (Å²) in [7, 11) is 1.97. The Labute approximate surface area is 170 Å². The van der Waals surface area contributed by atoms with Gasteiger partial charge in [-0.15, -0.1) is 0 Å². The van der Waals surface area contributed by atoms with E-state index < -0.39 is 0 Å². The molecule has 1 aromatic carbocycles. The van der Waals surface area contributed by atoms with Crippen molar-refractivity contribution in [3.63, 3.8) is 0 Å². The molecular formula is C22H27N5S. The largest absolute Gasteiger partial charge is 0.375 e. The van der Waals surface area contributed by atoms with E-state index in [9.17, 15) is 0 Å². The molecular weight excluding hydrogens is 366 g/mol. The van der Waals surface area contributed by atoms with Gasteiger partial charge in [0, 0.05) is 25.2 Å². The molecule has 1 aromatic heterocycles. The van der Waals surface area contributed by atoms with E-state index in [2.05, 4.69) is 60.4 Å². The van der Waals surface area contributed by atoms with Gasteiger partial charge in [-0.3, -0.25) is 5.01 Å². The van der Waals surface area contributed by atoms with Gasteiger partial charge in [-0.05, 0) is 37.1 Å². The van der Waals surface area contributed by atoms with Crippen molar-refractivity contribution in [3.05, 3.63) is 59.3 Å². The monoisotopic (exact) mass is 393 g/mol. The highest BCUT2D eigenvalue weighted by atomic mass is 32.1. The van der Waals surface area contributed by atoms with Gasteiger partial charge in [0.05, 0.1) is 28.2 Å². The zero-order chi connectivity index (χ0) is 19.9. The Morgan fingerprint density at radius 3 is 3.04 bits per heavy atom. The standard InChI is InChI=1S/C22H27N5S/c1-4-8-16(5-2)21(17-11-12-19-20(15-17)28-22(23)26-19)25-18-9-6-13-24-27(3)14-7-10-18/h5,7,9-13,15H,4,6,8,14H2,1-3H3,(H2,23,26)/b10-7-,16-5+,18-9+,24-13-,25-21-. The summed E-state index contributed by atoms with van der Waals surface area (Å²) in [6.07, 6.45) is 13.2. The molecule has 0 bridgehead atoms. The predicted molar refractivity (Wildman–Crippen MR) is 122 cm³/mol. The number of aliphatic imine (C=N–C) groups is 1. The summed E-state index contributed by atoms with van der Waals surface area (Å²) in [5.74, 6) is 0. The maximum atomic E-state index is 5.89. The topological polar surface area (TPSA) is 66.9 Å². The Kier molecular flexibility index (Phi) is 6.76. The van der Waals surface area contributed by atoms with Crippen LogP contribution in [-0.2, 0) is 0 Å². The summed E-state index contributed by atoms with van der Waals surface area (Å²) in [6, 6.07) is 6.27. The van der Waals surface area contributed by atoms with Crippen LogP contribution in [0, 0.1) is 0 Å². The lowest BCUT2D eigenvalue weighted by atomic mass is 9.98. The highest BCUT2D eigenvalue weighted by Crippen LogP contribution is 2.27. The third-order valence-electron chi connectivity index (χ3n) is 4.46.